The summed E-state index contributed by atoms with van der Waals surface area (Å²) in [5.41, 5.74) is 5.95. The van der Waals surface area contributed by atoms with E-state index in [1.54, 1.807) is 12.3 Å². The molecule has 154 valence electrons. The van der Waals surface area contributed by atoms with Gasteiger partial charge in [0.2, 0.25) is 0 Å². The summed E-state index contributed by atoms with van der Waals surface area (Å²) < 4.78 is 14.9. The summed E-state index contributed by atoms with van der Waals surface area (Å²) in [7, 11) is 0. The molecule has 4 rings (SSSR count). The Morgan fingerprint density at radius 3 is 2.48 bits per heavy atom. The van der Waals surface area contributed by atoms with Crippen LogP contribution in [0.5, 0.6) is 0 Å². The van der Waals surface area contributed by atoms with Gasteiger partial charge in [-0.2, -0.15) is 5.10 Å². The number of aliphatic carboxylic acids is 1. The first-order valence-electron chi connectivity index (χ1n) is 10.00. The van der Waals surface area contributed by atoms with Crippen molar-refractivity contribution in [2.75, 3.05) is 0 Å². The lowest BCUT2D eigenvalue weighted by atomic mass is 9.87. The SMILES string of the molecule is CC/C(=C(/c1ccc(/C=C/C(=O)O)c(F)c1)c1ccc2[nH]ncc2c1)c1ccccc1. The molecule has 0 amide bonds. The molecule has 0 radical (unpaired) electrons. The van der Waals surface area contributed by atoms with Crippen molar-refractivity contribution >= 4 is 34.1 Å². The smallest absolute Gasteiger partial charge is 0.328 e. The van der Waals surface area contributed by atoms with Crippen LogP contribution in [0.1, 0.15) is 35.6 Å². The molecule has 2 N–H and O–H groups in total. The molecular formula is C26H21FN2O2. The number of carbonyl (C=O) groups is 1. The summed E-state index contributed by atoms with van der Waals surface area (Å²) in [6.07, 6.45) is 4.72. The maximum absolute atomic E-state index is 14.9. The van der Waals surface area contributed by atoms with E-state index in [0.29, 0.717) is 0 Å². The highest BCUT2D eigenvalue weighted by molar-refractivity contribution is 6.00. The van der Waals surface area contributed by atoms with Crippen molar-refractivity contribution in [3.63, 3.8) is 0 Å². The van der Waals surface area contributed by atoms with Gasteiger partial charge in [-0.15, -0.1) is 0 Å². The van der Waals surface area contributed by atoms with Crippen molar-refractivity contribution in [2.24, 2.45) is 0 Å². The van der Waals surface area contributed by atoms with E-state index in [-0.39, 0.29) is 5.56 Å². The van der Waals surface area contributed by atoms with Gasteiger partial charge in [-0.05, 0) is 58.5 Å². The van der Waals surface area contributed by atoms with E-state index in [4.69, 9.17) is 5.11 Å². The molecule has 0 atom stereocenters. The number of nitrogens with one attached hydrogen (secondary N) is 1. The third-order valence-electron chi connectivity index (χ3n) is 5.20. The number of aromatic amines is 1. The largest absolute Gasteiger partial charge is 0.478 e. The second kappa shape index (κ2) is 8.79. The molecule has 31 heavy (non-hydrogen) atoms. The summed E-state index contributed by atoms with van der Waals surface area (Å²) in [5.74, 6) is -1.59. The van der Waals surface area contributed by atoms with Gasteiger partial charge in [0.15, 0.2) is 0 Å². The van der Waals surface area contributed by atoms with E-state index >= 15 is 0 Å². The molecule has 0 bridgehead atoms. The molecule has 0 fully saturated rings. The Labute approximate surface area is 179 Å². The molecule has 1 heterocycles. The molecule has 1 aromatic heterocycles. The average molecular weight is 412 g/mol. The van der Waals surface area contributed by atoms with Crippen LogP contribution >= 0.6 is 0 Å². The number of rotatable bonds is 6. The third kappa shape index (κ3) is 4.31. The van der Waals surface area contributed by atoms with Gasteiger partial charge in [-0.25, -0.2) is 9.18 Å². The second-order valence-electron chi connectivity index (χ2n) is 7.15. The minimum atomic E-state index is -1.12. The highest BCUT2D eigenvalue weighted by Crippen LogP contribution is 2.36. The van der Waals surface area contributed by atoms with E-state index in [2.05, 4.69) is 29.3 Å². The average Bonchev–Trinajstić information content (AvgIpc) is 3.25. The zero-order chi connectivity index (χ0) is 21.8. The number of H-pyrrole nitrogens is 1. The molecule has 0 aliphatic carbocycles. The van der Waals surface area contributed by atoms with Crippen molar-refractivity contribution in [1.29, 1.82) is 0 Å². The third-order valence-corrected chi connectivity index (χ3v) is 5.20. The van der Waals surface area contributed by atoms with Crippen LogP contribution in [0.4, 0.5) is 4.39 Å². The highest BCUT2D eigenvalue weighted by atomic mass is 19.1. The molecule has 0 saturated carbocycles. The lowest BCUT2D eigenvalue weighted by molar-refractivity contribution is -0.131. The molecule has 3 aromatic carbocycles. The van der Waals surface area contributed by atoms with Gasteiger partial charge < -0.3 is 5.11 Å². The molecule has 5 heteroatoms. The highest BCUT2D eigenvalue weighted by Gasteiger charge is 2.15. The maximum atomic E-state index is 14.9. The lowest BCUT2D eigenvalue weighted by Gasteiger charge is -2.17. The van der Waals surface area contributed by atoms with Crippen LogP contribution < -0.4 is 0 Å². The molecular weight excluding hydrogens is 391 g/mol. The molecule has 0 spiro atoms. The molecule has 0 aliphatic rings. The molecule has 0 saturated heterocycles. The van der Waals surface area contributed by atoms with Crippen molar-refractivity contribution < 1.29 is 14.3 Å². The minimum Gasteiger partial charge on any atom is -0.478 e. The number of halogens is 1. The number of hydrogen-bond donors (Lipinski definition) is 2. The summed E-state index contributed by atoms with van der Waals surface area (Å²) >= 11 is 0. The summed E-state index contributed by atoms with van der Waals surface area (Å²) in [6.45, 7) is 2.08. The van der Waals surface area contributed by atoms with Gasteiger partial charge in [0.1, 0.15) is 5.82 Å². The van der Waals surface area contributed by atoms with E-state index in [1.165, 1.54) is 12.1 Å². The van der Waals surface area contributed by atoms with E-state index < -0.39 is 11.8 Å². The fourth-order valence-corrected chi connectivity index (χ4v) is 3.76. The molecule has 0 aliphatic heterocycles. The number of fused-ring (bicyclic) bond motifs is 1. The van der Waals surface area contributed by atoms with Crippen molar-refractivity contribution in [2.45, 2.75) is 13.3 Å². The molecule has 0 unspecified atom stereocenters. The van der Waals surface area contributed by atoms with Crippen LogP contribution in [0.3, 0.4) is 0 Å². The summed E-state index contributed by atoms with van der Waals surface area (Å²) in [6, 6.07) is 21.0. The van der Waals surface area contributed by atoms with Gasteiger partial charge in [0, 0.05) is 17.0 Å². The fourth-order valence-electron chi connectivity index (χ4n) is 3.76. The number of allylic oxidation sites excluding steroid dienone is 1. The Morgan fingerprint density at radius 2 is 1.77 bits per heavy atom. The number of carboxylic acids is 1. The first kappa shape index (κ1) is 20.3. The number of benzene rings is 3. The Bertz CT molecular complexity index is 1300. The van der Waals surface area contributed by atoms with Gasteiger partial charge in [0.05, 0.1) is 11.7 Å². The zero-order valence-electron chi connectivity index (χ0n) is 17.0. The Balaban J connectivity index is 1.93. The number of nitrogens with zero attached hydrogens (tertiary/aromatic N) is 1. The van der Waals surface area contributed by atoms with Gasteiger partial charge in [-0.3, -0.25) is 5.10 Å². The lowest BCUT2D eigenvalue weighted by Crippen LogP contribution is -1.97. The van der Waals surface area contributed by atoms with Crippen LogP contribution in [-0.2, 0) is 4.79 Å². The number of carboxylic acid groups (broad SMARTS) is 1. The zero-order valence-corrected chi connectivity index (χ0v) is 17.0. The van der Waals surface area contributed by atoms with Crippen LogP contribution in [-0.4, -0.2) is 21.3 Å². The van der Waals surface area contributed by atoms with Crippen molar-refractivity contribution in [3.8, 4) is 0 Å². The Hall–Kier alpha value is -3.99. The fraction of sp³-hybridized carbons (Fsp3) is 0.0769. The Kier molecular flexibility index (Phi) is 5.76. The quantitative estimate of drug-likeness (QED) is 0.294. The first-order valence-corrected chi connectivity index (χ1v) is 10.00. The first-order chi connectivity index (χ1) is 15.1. The van der Waals surface area contributed by atoms with Crippen LogP contribution in [0.15, 0.2) is 79.0 Å². The van der Waals surface area contributed by atoms with Gasteiger partial charge >= 0.3 is 5.97 Å². The van der Waals surface area contributed by atoms with Crippen LogP contribution in [0.25, 0.3) is 28.1 Å². The van der Waals surface area contributed by atoms with Crippen LogP contribution in [0.2, 0.25) is 0 Å². The van der Waals surface area contributed by atoms with E-state index in [1.807, 2.05) is 42.5 Å². The van der Waals surface area contributed by atoms with Gasteiger partial charge in [-0.1, -0.05) is 55.5 Å². The maximum Gasteiger partial charge on any atom is 0.328 e. The number of hydrogen-bond acceptors (Lipinski definition) is 2. The summed E-state index contributed by atoms with van der Waals surface area (Å²) in [4.78, 5) is 10.8. The Morgan fingerprint density at radius 1 is 1.03 bits per heavy atom. The predicted octanol–water partition coefficient (Wildman–Crippen LogP) is 6.17. The molecule has 4 aromatic rings. The normalized spacial score (nSPS) is 12.3. The minimum absolute atomic E-state index is 0.230. The van der Waals surface area contributed by atoms with Crippen LogP contribution in [0, 0.1) is 5.82 Å². The van der Waals surface area contributed by atoms with Crippen molar-refractivity contribution in [3.05, 3.63) is 107 Å². The van der Waals surface area contributed by atoms with E-state index in [9.17, 15) is 9.18 Å². The topological polar surface area (TPSA) is 66.0 Å². The standard InChI is InChI=1S/C26H21FN2O2/c1-2-22(17-6-4-3-5-7-17)26(19-10-12-24-21(14-19)16-28-29-24)20-9-8-18(23(27)15-20)11-13-25(30)31/h3-16H,2H2,1H3,(H,28,29)(H,30,31)/b13-11+,26-22-. The van der Waals surface area contributed by atoms with Crippen molar-refractivity contribution in [1.82, 2.24) is 10.2 Å². The monoisotopic (exact) mass is 412 g/mol. The summed E-state index contributed by atoms with van der Waals surface area (Å²) in [5, 5.41) is 16.9. The van der Waals surface area contributed by atoms with Gasteiger partial charge in [0.25, 0.3) is 0 Å². The second-order valence-corrected chi connectivity index (χ2v) is 7.15. The van der Waals surface area contributed by atoms with E-state index in [0.717, 1.165) is 51.2 Å². The molecule has 4 nitrogen and oxygen atoms in total. The predicted molar refractivity (Wildman–Crippen MR) is 122 cm³/mol. The number of aromatic nitrogens is 2.